The van der Waals surface area contributed by atoms with Crippen molar-refractivity contribution in [2.24, 2.45) is 0 Å². The van der Waals surface area contributed by atoms with Crippen LogP contribution < -0.4 is 9.80 Å². The van der Waals surface area contributed by atoms with Gasteiger partial charge >= 0.3 is 0 Å². The third-order valence-electron chi connectivity index (χ3n) is 4.16. The van der Waals surface area contributed by atoms with Gasteiger partial charge in [0, 0.05) is 32.2 Å². The minimum absolute atomic E-state index is 0.692. The molecule has 0 unspecified atom stereocenters. The zero-order valence-electron chi connectivity index (χ0n) is 13.3. The number of aromatic nitrogens is 2. The third kappa shape index (κ3) is 3.40. The standard InChI is InChI=1S/C16H19BrN4O3/c17-14-2-1-13(24-14)12-11-15(20-3-7-22-8-4-20)19-16(18-12)21-5-9-23-10-6-21/h1-2,11H,3-10H2. The van der Waals surface area contributed by atoms with Crippen molar-refractivity contribution in [3.63, 3.8) is 0 Å². The molecule has 0 spiro atoms. The summed E-state index contributed by atoms with van der Waals surface area (Å²) in [5, 5.41) is 0. The zero-order valence-corrected chi connectivity index (χ0v) is 14.9. The molecule has 4 heterocycles. The van der Waals surface area contributed by atoms with Gasteiger partial charge in [-0.15, -0.1) is 0 Å². The van der Waals surface area contributed by atoms with Gasteiger partial charge in [-0.1, -0.05) is 0 Å². The average molecular weight is 395 g/mol. The predicted molar refractivity (Wildman–Crippen MR) is 93.5 cm³/mol. The molecule has 0 amide bonds. The van der Waals surface area contributed by atoms with Gasteiger partial charge in [0.05, 0.1) is 26.4 Å². The van der Waals surface area contributed by atoms with E-state index in [1.807, 2.05) is 18.2 Å². The van der Waals surface area contributed by atoms with Crippen LogP contribution in [0.15, 0.2) is 27.3 Å². The van der Waals surface area contributed by atoms with Crippen LogP contribution in [0.4, 0.5) is 11.8 Å². The minimum atomic E-state index is 0.692. The molecule has 8 heteroatoms. The summed E-state index contributed by atoms with van der Waals surface area (Å²) in [6, 6.07) is 5.78. The third-order valence-corrected chi connectivity index (χ3v) is 4.58. The Bertz CT molecular complexity index is 660. The summed E-state index contributed by atoms with van der Waals surface area (Å²) >= 11 is 3.36. The molecule has 0 atom stereocenters. The lowest BCUT2D eigenvalue weighted by Gasteiger charge is -2.31. The summed E-state index contributed by atoms with van der Waals surface area (Å²) in [6.07, 6.45) is 0. The van der Waals surface area contributed by atoms with Crippen molar-refractivity contribution < 1.29 is 13.9 Å². The van der Waals surface area contributed by atoms with Crippen molar-refractivity contribution >= 4 is 27.7 Å². The predicted octanol–water partition coefficient (Wildman–Crippen LogP) is 2.17. The molecule has 24 heavy (non-hydrogen) atoms. The minimum Gasteiger partial charge on any atom is -0.448 e. The van der Waals surface area contributed by atoms with E-state index in [9.17, 15) is 0 Å². The smallest absolute Gasteiger partial charge is 0.228 e. The van der Waals surface area contributed by atoms with Crippen molar-refractivity contribution in [2.45, 2.75) is 0 Å². The van der Waals surface area contributed by atoms with E-state index in [1.54, 1.807) is 0 Å². The van der Waals surface area contributed by atoms with Gasteiger partial charge < -0.3 is 23.7 Å². The molecule has 0 radical (unpaired) electrons. The fourth-order valence-electron chi connectivity index (χ4n) is 2.86. The van der Waals surface area contributed by atoms with Crippen molar-refractivity contribution in [3.8, 4) is 11.5 Å². The van der Waals surface area contributed by atoms with Gasteiger partial charge in [0.2, 0.25) is 5.95 Å². The first-order valence-electron chi connectivity index (χ1n) is 8.10. The normalized spacial score (nSPS) is 18.9. The van der Waals surface area contributed by atoms with Crippen molar-refractivity contribution in [1.82, 2.24) is 9.97 Å². The maximum Gasteiger partial charge on any atom is 0.228 e. The largest absolute Gasteiger partial charge is 0.448 e. The van der Waals surface area contributed by atoms with Crippen molar-refractivity contribution in [3.05, 3.63) is 22.9 Å². The fourth-order valence-corrected chi connectivity index (χ4v) is 3.17. The molecule has 2 aromatic rings. The highest BCUT2D eigenvalue weighted by atomic mass is 79.9. The van der Waals surface area contributed by atoms with E-state index in [2.05, 4.69) is 25.7 Å². The topological polar surface area (TPSA) is 63.9 Å². The molecule has 7 nitrogen and oxygen atoms in total. The molecule has 0 bridgehead atoms. The van der Waals surface area contributed by atoms with Crippen LogP contribution in [0.3, 0.4) is 0 Å². The van der Waals surface area contributed by atoms with Crippen LogP contribution in [0.1, 0.15) is 0 Å². The lowest BCUT2D eigenvalue weighted by molar-refractivity contribution is 0.121. The molecule has 2 aliphatic rings. The first-order chi connectivity index (χ1) is 11.8. The molecule has 2 aliphatic heterocycles. The van der Waals surface area contributed by atoms with Crippen LogP contribution in [0.25, 0.3) is 11.5 Å². The maximum atomic E-state index is 5.69. The summed E-state index contributed by atoms with van der Waals surface area (Å²) in [5.41, 5.74) is 0.790. The number of hydrogen-bond donors (Lipinski definition) is 0. The van der Waals surface area contributed by atoms with Crippen molar-refractivity contribution in [2.75, 3.05) is 62.4 Å². The highest BCUT2D eigenvalue weighted by molar-refractivity contribution is 9.10. The molecule has 4 rings (SSSR count). The van der Waals surface area contributed by atoms with Gasteiger partial charge in [-0.05, 0) is 28.1 Å². The maximum absolute atomic E-state index is 5.69. The second-order valence-electron chi connectivity index (χ2n) is 5.71. The molecule has 2 saturated heterocycles. The molecule has 0 saturated carbocycles. The number of rotatable bonds is 3. The molecule has 2 fully saturated rings. The Morgan fingerprint density at radius 1 is 0.875 bits per heavy atom. The Morgan fingerprint density at radius 3 is 2.17 bits per heavy atom. The summed E-state index contributed by atoms with van der Waals surface area (Å²) in [6.45, 7) is 6.11. The number of morpholine rings is 2. The highest BCUT2D eigenvalue weighted by Gasteiger charge is 2.20. The van der Waals surface area contributed by atoms with E-state index in [0.717, 1.165) is 62.6 Å². The number of halogens is 1. The Morgan fingerprint density at radius 2 is 1.54 bits per heavy atom. The molecular weight excluding hydrogens is 376 g/mol. The SMILES string of the molecule is Brc1ccc(-c2cc(N3CCOCC3)nc(N3CCOCC3)n2)o1. The van der Waals surface area contributed by atoms with Crippen LogP contribution in [0.5, 0.6) is 0 Å². The second-order valence-corrected chi connectivity index (χ2v) is 6.50. The zero-order chi connectivity index (χ0) is 16.4. The van der Waals surface area contributed by atoms with Crippen LogP contribution in [0.2, 0.25) is 0 Å². The first-order valence-corrected chi connectivity index (χ1v) is 8.89. The Balaban J connectivity index is 1.71. The van der Waals surface area contributed by atoms with E-state index in [-0.39, 0.29) is 0 Å². The quantitative estimate of drug-likeness (QED) is 0.790. The number of furan rings is 1. The number of nitrogens with zero attached hydrogens (tertiary/aromatic N) is 4. The van der Waals surface area contributed by atoms with Gasteiger partial charge in [-0.25, -0.2) is 4.98 Å². The van der Waals surface area contributed by atoms with E-state index >= 15 is 0 Å². The van der Waals surface area contributed by atoms with Crippen molar-refractivity contribution in [1.29, 1.82) is 0 Å². The van der Waals surface area contributed by atoms with Crippen LogP contribution in [-0.2, 0) is 9.47 Å². The average Bonchev–Trinajstić information content (AvgIpc) is 3.09. The molecule has 0 N–H and O–H groups in total. The Labute approximate surface area is 148 Å². The van der Waals surface area contributed by atoms with Gasteiger partial charge in [0.25, 0.3) is 0 Å². The summed E-state index contributed by atoms with van der Waals surface area (Å²) < 4.78 is 17.3. The monoisotopic (exact) mass is 394 g/mol. The van der Waals surface area contributed by atoms with Gasteiger partial charge in [-0.2, -0.15) is 4.98 Å². The van der Waals surface area contributed by atoms with Gasteiger partial charge in [0.15, 0.2) is 10.4 Å². The lowest BCUT2D eigenvalue weighted by atomic mass is 10.3. The molecular formula is C16H19BrN4O3. The second kappa shape index (κ2) is 7.08. The highest BCUT2D eigenvalue weighted by Crippen LogP contribution is 2.28. The number of ether oxygens (including phenoxy) is 2. The molecule has 2 aromatic heterocycles. The van der Waals surface area contributed by atoms with Crippen LogP contribution in [-0.4, -0.2) is 62.6 Å². The first kappa shape index (κ1) is 15.9. The molecule has 128 valence electrons. The summed E-state index contributed by atoms with van der Waals surface area (Å²) in [4.78, 5) is 13.9. The summed E-state index contributed by atoms with van der Waals surface area (Å²) in [7, 11) is 0. The van der Waals surface area contributed by atoms with E-state index in [0.29, 0.717) is 17.9 Å². The van der Waals surface area contributed by atoms with E-state index in [1.165, 1.54) is 0 Å². The summed E-state index contributed by atoms with van der Waals surface area (Å²) in [5.74, 6) is 2.37. The van der Waals surface area contributed by atoms with Crippen LogP contribution in [0, 0.1) is 0 Å². The Kier molecular flexibility index (Phi) is 4.68. The number of hydrogen-bond acceptors (Lipinski definition) is 7. The number of anilines is 2. The Hall–Kier alpha value is -1.64. The van der Waals surface area contributed by atoms with Crippen LogP contribution >= 0.6 is 15.9 Å². The van der Waals surface area contributed by atoms with Gasteiger partial charge in [0.1, 0.15) is 11.5 Å². The molecule has 0 aromatic carbocycles. The van der Waals surface area contributed by atoms with E-state index < -0.39 is 0 Å². The van der Waals surface area contributed by atoms with E-state index in [4.69, 9.17) is 23.9 Å². The van der Waals surface area contributed by atoms with Gasteiger partial charge in [-0.3, -0.25) is 0 Å². The lowest BCUT2D eigenvalue weighted by Crippen LogP contribution is -2.39. The fraction of sp³-hybridized carbons (Fsp3) is 0.500. The molecule has 0 aliphatic carbocycles.